The lowest BCUT2D eigenvalue weighted by Gasteiger charge is -2.15. The molecular weight excluding hydrogens is 312 g/mol. The second kappa shape index (κ2) is 9.97. The molecular formula is C22H30O3. The van der Waals surface area contributed by atoms with Crippen LogP contribution in [0.2, 0.25) is 0 Å². The summed E-state index contributed by atoms with van der Waals surface area (Å²) in [6, 6.07) is 15.5. The summed E-state index contributed by atoms with van der Waals surface area (Å²) in [7, 11) is 0. The van der Waals surface area contributed by atoms with Crippen molar-refractivity contribution in [3.8, 4) is 23.0 Å². The fourth-order valence-corrected chi connectivity index (χ4v) is 2.21. The number of benzene rings is 2. The lowest BCUT2D eigenvalue weighted by molar-refractivity contribution is 0.272. The molecule has 2 rings (SSSR count). The van der Waals surface area contributed by atoms with Gasteiger partial charge in [0.25, 0.3) is 0 Å². The molecule has 0 atom stereocenters. The van der Waals surface area contributed by atoms with E-state index in [-0.39, 0.29) is 0 Å². The Morgan fingerprint density at radius 3 is 1.96 bits per heavy atom. The van der Waals surface area contributed by atoms with E-state index in [1.54, 1.807) is 0 Å². The maximum atomic E-state index is 6.03. The first-order valence-electron chi connectivity index (χ1n) is 9.17. The van der Waals surface area contributed by atoms with Crippen molar-refractivity contribution in [2.24, 2.45) is 11.8 Å². The Bertz CT molecular complexity index is 620. The van der Waals surface area contributed by atoms with Crippen LogP contribution in [-0.4, -0.2) is 13.2 Å². The van der Waals surface area contributed by atoms with Crippen molar-refractivity contribution < 1.29 is 14.2 Å². The van der Waals surface area contributed by atoms with E-state index in [2.05, 4.69) is 27.7 Å². The summed E-state index contributed by atoms with van der Waals surface area (Å²) in [5, 5.41) is 0. The maximum absolute atomic E-state index is 6.03. The maximum Gasteiger partial charge on any atom is 0.172 e. The zero-order chi connectivity index (χ0) is 18.1. The van der Waals surface area contributed by atoms with E-state index in [0.717, 1.165) is 30.1 Å². The summed E-state index contributed by atoms with van der Waals surface area (Å²) in [5.74, 6) is 4.27. The van der Waals surface area contributed by atoms with Gasteiger partial charge in [0, 0.05) is 6.07 Å². The highest BCUT2D eigenvalue weighted by atomic mass is 16.5. The van der Waals surface area contributed by atoms with Crippen LogP contribution >= 0.6 is 0 Å². The average molecular weight is 342 g/mol. The largest absolute Gasteiger partial charge is 0.493 e. The Morgan fingerprint density at radius 1 is 0.680 bits per heavy atom. The molecule has 0 amide bonds. The topological polar surface area (TPSA) is 27.7 Å². The molecule has 2 aromatic carbocycles. The second-order valence-corrected chi connectivity index (χ2v) is 7.09. The SMILES string of the molecule is CC(C)CCOc1ccc(OCCC(C)C)c(Oc2ccccc2)c1. The first kappa shape index (κ1) is 19.2. The molecule has 25 heavy (non-hydrogen) atoms. The molecule has 0 aromatic heterocycles. The fraction of sp³-hybridized carbons (Fsp3) is 0.455. The molecule has 0 aliphatic heterocycles. The van der Waals surface area contributed by atoms with Crippen LogP contribution < -0.4 is 14.2 Å². The van der Waals surface area contributed by atoms with E-state index in [0.29, 0.717) is 30.8 Å². The summed E-state index contributed by atoms with van der Waals surface area (Å²) in [6.07, 6.45) is 2.04. The van der Waals surface area contributed by atoms with Gasteiger partial charge in [-0.3, -0.25) is 0 Å². The van der Waals surface area contributed by atoms with Gasteiger partial charge in [-0.15, -0.1) is 0 Å². The highest BCUT2D eigenvalue weighted by Gasteiger charge is 2.10. The monoisotopic (exact) mass is 342 g/mol. The van der Waals surface area contributed by atoms with E-state index in [9.17, 15) is 0 Å². The van der Waals surface area contributed by atoms with Crippen LogP contribution in [0, 0.1) is 11.8 Å². The summed E-state index contributed by atoms with van der Waals surface area (Å²) in [4.78, 5) is 0. The van der Waals surface area contributed by atoms with Crippen molar-refractivity contribution in [1.29, 1.82) is 0 Å². The third kappa shape index (κ3) is 7.08. The lowest BCUT2D eigenvalue weighted by atomic mass is 10.1. The fourth-order valence-electron chi connectivity index (χ4n) is 2.21. The van der Waals surface area contributed by atoms with Crippen molar-refractivity contribution in [2.75, 3.05) is 13.2 Å². The molecule has 0 heterocycles. The first-order valence-corrected chi connectivity index (χ1v) is 9.17. The highest BCUT2D eigenvalue weighted by molar-refractivity contribution is 5.47. The molecule has 0 N–H and O–H groups in total. The minimum Gasteiger partial charge on any atom is -0.493 e. The number of para-hydroxylation sites is 1. The highest BCUT2D eigenvalue weighted by Crippen LogP contribution is 2.35. The Balaban J connectivity index is 2.10. The minimum absolute atomic E-state index is 0.608. The Hall–Kier alpha value is -2.16. The Labute approximate surface area is 151 Å². The predicted octanol–water partition coefficient (Wildman–Crippen LogP) is 6.33. The number of rotatable bonds is 10. The lowest BCUT2D eigenvalue weighted by Crippen LogP contribution is -2.04. The molecule has 0 aliphatic carbocycles. The molecule has 0 saturated heterocycles. The molecule has 0 fully saturated rings. The van der Waals surface area contributed by atoms with Gasteiger partial charge in [-0.2, -0.15) is 0 Å². The zero-order valence-electron chi connectivity index (χ0n) is 15.8. The average Bonchev–Trinajstić information content (AvgIpc) is 2.57. The number of ether oxygens (including phenoxy) is 3. The normalized spacial score (nSPS) is 11.0. The van der Waals surface area contributed by atoms with E-state index < -0.39 is 0 Å². The molecule has 3 heteroatoms. The number of hydrogen-bond donors (Lipinski definition) is 0. The van der Waals surface area contributed by atoms with Crippen molar-refractivity contribution in [3.05, 3.63) is 48.5 Å². The molecule has 3 nitrogen and oxygen atoms in total. The molecule has 0 radical (unpaired) electrons. The number of hydrogen-bond acceptors (Lipinski definition) is 3. The smallest absolute Gasteiger partial charge is 0.172 e. The third-order valence-corrected chi connectivity index (χ3v) is 3.80. The van der Waals surface area contributed by atoms with Crippen LogP contribution in [0.4, 0.5) is 0 Å². The summed E-state index contributed by atoms with van der Waals surface area (Å²) in [5.41, 5.74) is 0. The van der Waals surface area contributed by atoms with Gasteiger partial charge in [0.05, 0.1) is 13.2 Å². The van der Waals surface area contributed by atoms with Crippen LogP contribution in [0.15, 0.2) is 48.5 Å². The van der Waals surface area contributed by atoms with Gasteiger partial charge >= 0.3 is 0 Å². The Morgan fingerprint density at radius 2 is 1.32 bits per heavy atom. The van der Waals surface area contributed by atoms with Crippen molar-refractivity contribution in [2.45, 2.75) is 40.5 Å². The summed E-state index contributed by atoms with van der Waals surface area (Å²) in [6.45, 7) is 10.1. The molecule has 2 aromatic rings. The molecule has 0 aliphatic rings. The van der Waals surface area contributed by atoms with Crippen molar-refractivity contribution >= 4 is 0 Å². The predicted molar refractivity (Wildman–Crippen MR) is 103 cm³/mol. The standard InChI is InChI=1S/C22H30O3/c1-17(2)12-14-23-20-10-11-21(24-15-13-18(3)4)22(16-20)25-19-8-6-5-7-9-19/h5-11,16-18H,12-15H2,1-4H3. The van der Waals surface area contributed by atoms with Gasteiger partial charge in [-0.25, -0.2) is 0 Å². The third-order valence-electron chi connectivity index (χ3n) is 3.80. The van der Waals surface area contributed by atoms with Gasteiger partial charge in [0.2, 0.25) is 0 Å². The quantitative estimate of drug-likeness (QED) is 0.505. The van der Waals surface area contributed by atoms with Crippen LogP contribution in [0.5, 0.6) is 23.0 Å². The van der Waals surface area contributed by atoms with Gasteiger partial charge in [-0.05, 0) is 48.9 Å². The Kier molecular flexibility index (Phi) is 7.65. The van der Waals surface area contributed by atoms with Crippen LogP contribution in [-0.2, 0) is 0 Å². The van der Waals surface area contributed by atoms with Gasteiger partial charge < -0.3 is 14.2 Å². The molecule has 136 valence electrons. The minimum atomic E-state index is 0.608. The molecule has 0 bridgehead atoms. The summed E-state index contributed by atoms with van der Waals surface area (Å²) < 4.78 is 17.8. The first-order chi connectivity index (χ1) is 12.0. The zero-order valence-corrected chi connectivity index (χ0v) is 15.8. The van der Waals surface area contributed by atoms with Crippen molar-refractivity contribution in [1.82, 2.24) is 0 Å². The van der Waals surface area contributed by atoms with Gasteiger partial charge in [-0.1, -0.05) is 45.9 Å². The molecule has 0 spiro atoms. The van der Waals surface area contributed by atoms with Crippen LogP contribution in [0.25, 0.3) is 0 Å². The van der Waals surface area contributed by atoms with Crippen LogP contribution in [0.3, 0.4) is 0 Å². The van der Waals surface area contributed by atoms with Gasteiger partial charge in [0.1, 0.15) is 11.5 Å². The second-order valence-electron chi connectivity index (χ2n) is 7.09. The van der Waals surface area contributed by atoms with Crippen LogP contribution in [0.1, 0.15) is 40.5 Å². The molecule has 0 unspecified atom stereocenters. The van der Waals surface area contributed by atoms with E-state index in [1.807, 2.05) is 48.5 Å². The van der Waals surface area contributed by atoms with E-state index in [1.165, 1.54) is 0 Å². The summed E-state index contributed by atoms with van der Waals surface area (Å²) >= 11 is 0. The van der Waals surface area contributed by atoms with E-state index in [4.69, 9.17) is 14.2 Å². The van der Waals surface area contributed by atoms with E-state index >= 15 is 0 Å². The van der Waals surface area contributed by atoms with Crippen molar-refractivity contribution in [3.63, 3.8) is 0 Å². The molecule has 0 saturated carbocycles. The van der Waals surface area contributed by atoms with Gasteiger partial charge in [0.15, 0.2) is 11.5 Å².